The molecule has 6 heteroatoms. The average molecular weight is 202 g/mol. The molecule has 0 spiro atoms. The van der Waals surface area contributed by atoms with Crippen LogP contribution in [0.4, 0.5) is 23.3 Å². The summed E-state index contributed by atoms with van der Waals surface area (Å²) in [5.74, 6) is 1.02. The van der Waals surface area contributed by atoms with E-state index in [9.17, 15) is 0 Å². The minimum absolute atomic E-state index is 0.140. The lowest BCUT2D eigenvalue weighted by Crippen LogP contribution is -2.02. The summed E-state index contributed by atoms with van der Waals surface area (Å²) < 4.78 is 0. The minimum atomic E-state index is 0.140. The van der Waals surface area contributed by atoms with E-state index in [-0.39, 0.29) is 5.95 Å². The fourth-order valence-corrected chi connectivity index (χ4v) is 1.13. The molecule has 2 heterocycles. The molecule has 2 aromatic heterocycles. The van der Waals surface area contributed by atoms with Gasteiger partial charge in [0.05, 0.1) is 11.9 Å². The predicted octanol–water partition coefficient (Wildman–Crippen LogP) is 0.780. The molecule has 0 aromatic carbocycles. The molecule has 2 aromatic rings. The second-order valence-electron chi connectivity index (χ2n) is 2.90. The van der Waals surface area contributed by atoms with Gasteiger partial charge in [-0.3, -0.25) is 4.98 Å². The summed E-state index contributed by atoms with van der Waals surface area (Å²) in [6.07, 6.45) is 3.36. The van der Waals surface area contributed by atoms with Gasteiger partial charge in [-0.15, -0.1) is 0 Å². The van der Waals surface area contributed by atoms with Crippen molar-refractivity contribution in [2.24, 2.45) is 0 Å². The first-order valence-electron chi connectivity index (χ1n) is 4.31. The highest BCUT2D eigenvalue weighted by molar-refractivity contribution is 5.58. The fraction of sp³-hybridized carbons (Fsp3) is 0. The molecular formula is C9H10N6. The van der Waals surface area contributed by atoms with Gasteiger partial charge in [-0.1, -0.05) is 0 Å². The molecule has 0 fully saturated rings. The Balaban J connectivity index is 2.25. The summed E-state index contributed by atoms with van der Waals surface area (Å²) in [6, 6.07) is 5.28. The van der Waals surface area contributed by atoms with Crippen molar-refractivity contribution in [3.8, 4) is 0 Å². The molecule has 76 valence electrons. The van der Waals surface area contributed by atoms with Crippen LogP contribution < -0.4 is 16.8 Å². The quantitative estimate of drug-likeness (QED) is 0.665. The summed E-state index contributed by atoms with van der Waals surface area (Å²) >= 11 is 0. The van der Waals surface area contributed by atoms with Crippen molar-refractivity contribution >= 4 is 23.3 Å². The molecule has 0 saturated carbocycles. The third-order valence-electron chi connectivity index (χ3n) is 1.70. The largest absolute Gasteiger partial charge is 0.383 e. The summed E-state index contributed by atoms with van der Waals surface area (Å²) in [6.45, 7) is 0. The number of nitrogens with zero attached hydrogens (tertiary/aromatic N) is 3. The van der Waals surface area contributed by atoms with Crippen molar-refractivity contribution in [2.75, 3.05) is 16.8 Å². The second kappa shape index (κ2) is 3.79. The van der Waals surface area contributed by atoms with Crippen molar-refractivity contribution < 1.29 is 0 Å². The number of nitrogens with two attached hydrogens (primary N) is 2. The first kappa shape index (κ1) is 9.20. The van der Waals surface area contributed by atoms with Crippen LogP contribution in [0.1, 0.15) is 0 Å². The van der Waals surface area contributed by atoms with Gasteiger partial charge < -0.3 is 16.8 Å². The van der Waals surface area contributed by atoms with Gasteiger partial charge in [0.2, 0.25) is 5.95 Å². The molecule has 0 saturated heterocycles. The van der Waals surface area contributed by atoms with E-state index in [0.717, 1.165) is 5.69 Å². The van der Waals surface area contributed by atoms with Crippen molar-refractivity contribution in [3.63, 3.8) is 0 Å². The Morgan fingerprint density at radius 3 is 2.73 bits per heavy atom. The van der Waals surface area contributed by atoms with E-state index in [1.807, 2.05) is 12.1 Å². The summed E-state index contributed by atoms with van der Waals surface area (Å²) in [7, 11) is 0. The Hall–Kier alpha value is -2.37. The Labute approximate surface area is 86.4 Å². The number of anilines is 4. The Kier molecular flexibility index (Phi) is 2.32. The summed E-state index contributed by atoms with van der Waals surface area (Å²) in [4.78, 5) is 11.7. The predicted molar refractivity (Wildman–Crippen MR) is 58.4 cm³/mol. The zero-order chi connectivity index (χ0) is 10.7. The summed E-state index contributed by atoms with van der Waals surface area (Å²) in [5.41, 5.74) is 11.8. The number of hydrogen-bond donors (Lipinski definition) is 3. The fourth-order valence-electron chi connectivity index (χ4n) is 1.13. The zero-order valence-electron chi connectivity index (χ0n) is 7.88. The van der Waals surface area contributed by atoms with Crippen molar-refractivity contribution in [3.05, 3.63) is 30.6 Å². The highest BCUT2D eigenvalue weighted by Gasteiger charge is 1.99. The highest BCUT2D eigenvalue weighted by atomic mass is 15.1. The zero-order valence-corrected chi connectivity index (χ0v) is 7.88. The van der Waals surface area contributed by atoms with Crippen LogP contribution in [0, 0.1) is 0 Å². The molecule has 0 bridgehead atoms. The molecule has 0 aliphatic heterocycles. The molecule has 0 unspecified atom stereocenters. The van der Waals surface area contributed by atoms with E-state index < -0.39 is 0 Å². The first-order valence-corrected chi connectivity index (χ1v) is 4.31. The standard InChI is InChI=1S/C9H10N6/c10-7-4-8(15-9(11)14-7)13-6-2-1-3-12-5-6/h1-5H,(H5,10,11,13,14,15). The molecule has 0 aliphatic rings. The van der Waals surface area contributed by atoms with E-state index in [0.29, 0.717) is 11.6 Å². The maximum Gasteiger partial charge on any atom is 0.223 e. The monoisotopic (exact) mass is 202 g/mol. The number of nitrogen functional groups attached to an aromatic ring is 2. The Bertz CT molecular complexity index is 435. The van der Waals surface area contributed by atoms with E-state index in [1.165, 1.54) is 0 Å². The lowest BCUT2D eigenvalue weighted by molar-refractivity contribution is 1.19. The van der Waals surface area contributed by atoms with E-state index in [4.69, 9.17) is 11.5 Å². The van der Waals surface area contributed by atoms with Gasteiger partial charge in [0, 0.05) is 12.3 Å². The van der Waals surface area contributed by atoms with Gasteiger partial charge in [0.25, 0.3) is 0 Å². The molecule has 0 amide bonds. The van der Waals surface area contributed by atoms with Crippen LogP contribution in [-0.4, -0.2) is 15.0 Å². The van der Waals surface area contributed by atoms with E-state index in [2.05, 4.69) is 20.3 Å². The normalized spacial score (nSPS) is 9.87. The lowest BCUT2D eigenvalue weighted by atomic mass is 10.4. The molecule has 0 aliphatic carbocycles. The Morgan fingerprint density at radius 2 is 2.07 bits per heavy atom. The molecule has 6 nitrogen and oxygen atoms in total. The molecule has 5 N–H and O–H groups in total. The second-order valence-corrected chi connectivity index (χ2v) is 2.90. The number of nitrogens with one attached hydrogen (secondary N) is 1. The molecule has 15 heavy (non-hydrogen) atoms. The van der Waals surface area contributed by atoms with E-state index >= 15 is 0 Å². The van der Waals surface area contributed by atoms with Gasteiger partial charge in [0.15, 0.2) is 0 Å². The summed E-state index contributed by atoms with van der Waals surface area (Å²) in [5, 5.41) is 3.01. The van der Waals surface area contributed by atoms with E-state index in [1.54, 1.807) is 18.5 Å². The third kappa shape index (κ3) is 2.31. The van der Waals surface area contributed by atoms with Gasteiger partial charge in [-0.25, -0.2) is 0 Å². The van der Waals surface area contributed by atoms with Crippen molar-refractivity contribution in [1.29, 1.82) is 0 Å². The minimum Gasteiger partial charge on any atom is -0.383 e. The van der Waals surface area contributed by atoms with Gasteiger partial charge in [-0.2, -0.15) is 9.97 Å². The highest BCUT2D eigenvalue weighted by Crippen LogP contribution is 2.15. The topological polar surface area (TPSA) is 103 Å². The van der Waals surface area contributed by atoms with Gasteiger partial charge >= 0.3 is 0 Å². The third-order valence-corrected chi connectivity index (χ3v) is 1.70. The van der Waals surface area contributed by atoms with Crippen LogP contribution in [0.2, 0.25) is 0 Å². The van der Waals surface area contributed by atoms with Crippen LogP contribution in [-0.2, 0) is 0 Å². The van der Waals surface area contributed by atoms with Crippen molar-refractivity contribution in [2.45, 2.75) is 0 Å². The average Bonchev–Trinajstić information content (AvgIpc) is 2.17. The van der Waals surface area contributed by atoms with Crippen LogP contribution in [0.3, 0.4) is 0 Å². The van der Waals surface area contributed by atoms with Crippen LogP contribution in [0.25, 0.3) is 0 Å². The smallest absolute Gasteiger partial charge is 0.223 e. The molecule has 2 rings (SSSR count). The number of pyridine rings is 1. The van der Waals surface area contributed by atoms with Crippen molar-refractivity contribution in [1.82, 2.24) is 15.0 Å². The van der Waals surface area contributed by atoms with Gasteiger partial charge in [0.1, 0.15) is 11.6 Å². The maximum absolute atomic E-state index is 5.53. The number of aromatic nitrogens is 3. The number of rotatable bonds is 2. The first-order chi connectivity index (χ1) is 7.24. The van der Waals surface area contributed by atoms with Gasteiger partial charge in [-0.05, 0) is 12.1 Å². The SMILES string of the molecule is Nc1cc(Nc2cccnc2)nc(N)n1. The maximum atomic E-state index is 5.53. The van der Waals surface area contributed by atoms with Crippen LogP contribution in [0.15, 0.2) is 30.6 Å². The Morgan fingerprint density at radius 1 is 1.20 bits per heavy atom. The molecule has 0 atom stereocenters. The van der Waals surface area contributed by atoms with Crippen LogP contribution >= 0.6 is 0 Å². The lowest BCUT2D eigenvalue weighted by Gasteiger charge is -2.05. The molecular weight excluding hydrogens is 192 g/mol. The number of hydrogen-bond acceptors (Lipinski definition) is 6. The van der Waals surface area contributed by atoms with Crippen LogP contribution in [0.5, 0.6) is 0 Å². The molecule has 0 radical (unpaired) electrons.